The monoisotopic (exact) mass is 250 g/mol. The van der Waals surface area contributed by atoms with Crippen molar-refractivity contribution in [2.24, 2.45) is 5.73 Å². The smallest absolute Gasteiger partial charge is 0.222 e. The molecule has 0 saturated carbocycles. The summed E-state index contributed by atoms with van der Waals surface area (Å²) in [5.41, 5.74) is 6.21. The Balaban J connectivity index is 2.31. The van der Waals surface area contributed by atoms with Crippen LogP contribution in [0.5, 0.6) is 11.6 Å². The average Bonchev–Trinajstić information content (AvgIpc) is 2.37. The van der Waals surface area contributed by atoms with Crippen molar-refractivity contribution in [3.05, 3.63) is 53.7 Å². The quantitative estimate of drug-likeness (QED) is 0.907. The largest absolute Gasteiger partial charge is 0.436 e. The van der Waals surface area contributed by atoms with Crippen molar-refractivity contribution in [2.75, 3.05) is 6.54 Å². The lowest BCUT2D eigenvalue weighted by Gasteiger charge is -2.09. The van der Waals surface area contributed by atoms with E-state index in [1.54, 1.807) is 12.1 Å². The molecule has 18 heavy (non-hydrogen) atoms. The van der Waals surface area contributed by atoms with Gasteiger partial charge in [0.25, 0.3) is 0 Å². The van der Waals surface area contributed by atoms with Crippen molar-refractivity contribution >= 4 is 0 Å². The van der Waals surface area contributed by atoms with Crippen LogP contribution in [0.2, 0.25) is 0 Å². The molecule has 5 heteroatoms. The van der Waals surface area contributed by atoms with E-state index in [2.05, 4.69) is 4.98 Å². The fourth-order valence-electron chi connectivity index (χ4n) is 1.53. The lowest BCUT2D eigenvalue weighted by Crippen LogP contribution is -2.05. The van der Waals surface area contributed by atoms with Crippen LogP contribution in [-0.4, -0.2) is 11.5 Å². The SMILES string of the molecule is NCCc1cccnc1Oc1cccc(F)c1F. The zero-order valence-corrected chi connectivity index (χ0v) is 9.57. The number of pyridine rings is 1. The van der Waals surface area contributed by atoms with Gasteiger partial charge in [-0.15, -0.1) is 0 Å². The molecule has 0 radical (unpaired) electrons. The van der Waals surface area contributed by atoms with Crippen molar-refractivity contribution in [2.45, 2.75) is 6.42 Å². The van der Waals surface area contributed by atoms with Crippen LogP contribution >= 0.6 is 0 Å². The molecule has 2 aromatic rings. The molecule has 0 aliphatic rings. The Morgan fingerprint density at radius 2 is 2.00 bits per heavy atom. The Hall–Kier alpha value is -2.01. The van der Waals surface area contributed by atoms with Crippen molar-refractivity contribution in [1.82, 2.24) is 4.98 Å². The molecule has 0 aliphatic carbocycles. The van der Waals surface area contributed by atoms with Gasteiger partial charge >= 0.3 is 0 Å². The summed E-state index contributed by atoms with van der Waals surface area (Å²) in [6, 6.07) is 7.27. The van der Waals surface area contributed by atoms with Crippen LogP contribution in [0.3, 0.4) is 0 Å². The van der Waals surface area contributed by atoms with E-state index in [4.69, 9.17) is 10.5 Å². The van der Waals surface area contributed by atoms with Gasteiger partial charge in [0.15, 0.2) is 11.6 Å². The van der Waals surface area contributed by atoms with Gasteiger partial charge in [-0.2, -0.15) is 4.39 Å². The Kier molecular flexibility index (Phi) is 3.84. The molecule has 0 unspecified atom stereocenters. The van der Waals surface area contributed by atoms with Gasteiger partial charge in [0.1, 0.15) is 0 Å². The number of hydrogen-bond donors (Lipinski definition) is 1. The number of aromatic nitrogens is 1. The van der Waals surface area contributed by atoms with Crippen molar-refractivity contribution < 1.29 is 13.5 Å². The van der Waals surface area contributed by atoms with E-state index in [1.807, 2.05) is 0 Å². The van der Waals surface area contributed by atoms with Crippen molar-refractivity contribution in [3.8, 4) is 11.6 Å². The number of ether oxygens (including phenoxy) is 1. The minimum absolute atomic E-state index is 0.188. The topological polar surface area (TPSA) is 48.1 Å². The van der Waals surface area contributed by atoms with Crippen LogP contribution in [0.1, 0.15) is 5.56 Å². The van der Waals surface area contributed by atoms with Crippen LogP contribution in [0, 0.1) is 11.6 Å². The van der Waals surface area contributed by atoms with E-state index in [-0.39, 0.29) is 11.6 Å². The molecule has 1 aromatic carbocycles. The summed E-state index contributed by atoms with van der Waals surface area (Å²) in [6.07, 6.45) is 2.08. The molecule has 3 nitrogen and oxygen atoms in total. The lowest BCUT2D eigenvalue weighted by molar-refractivity contribution is 0.402. The molecule has 1 heterocycles. The fraction of sp³-hybridized carbons (Fsp3) is 0.154. The minimum Gasteiger partial charge on any atom is -0.436 e. The number of benzene rings is 1. The van der Waals surface area contributed by atoms with Crippen LogP contribution in [0.15, 0.2) is 36.5 Å². The zero-order valence-electron chi connectivity index (χ0n) is 9.57. The lowest BCUT2D eigenvalue weighted by atomic mass is 10.2. The van der Waals surface area contributed by atoms with Crippen LogP contribution in [0.25, 0.3) is 0 Å². The number of nitrogens with two attached hydrogens (primary N) is 1. The van der Waals surface area contributed by atoms with Gasteiger partial charge in [0.2, 0.25) is 11.7 Å². The molecule has 0 atom stereocenters. The normalized spacial score (nSPS) is 10.4. The van der Waals surface area contributed by atoms with E-state index < -0.39 is 11.6 Å². The molecular formula is C13H12F2N2O. The van der Waals surface area contributed by atoms with Gasteiger partial charge in [0, 0.05) is 11.8 Å². The predicted molar refractivity (Wildman–Crippen MR) is 63.4 cm³/mol. The molecule has 0 amide bonds. The van der Waals surface area contributed by atoms with E-state index in [0.717, 1.165) is 11.6 Å². The highest BCUT2D eigenvalue weighted by molar-refractivity contribution is 5.33. The van der Waals surface area contributed by atoms with Crippen molar-refractivity contribution in [3.63, 3.8) is 0 Å². The molecule has 0 fully saturated rings. The summed E-state index contributed by atoms with van der Waals surface area (Å²) in [5.74, 6) is -1.93. The van der Waals surface area contributed by atoms with Gasteiger partial charge in [-0.05, 0) is 31.2 Å². The molecule has 1 aromatic heterocycles. The average molecular weight is 250 g/mol. The van der Waals surface area contributed by atoms with Crippen LogP contribution in [0.4, 0.5) is 8.78 Å². The van der Waals surface area contributed by atoms with E-state index in [9.17, 15) is 8.78 Å². The second-order valence-corrected chi connectivity index (χ2v) is 3.66. The first-order valence-corrected chi connectivity index (χ1v) is 5.48. The maximum absolute atomic E-state index is 13.5. The van der Waals surface area contributed by atoms with Crippen molar-refractivity contribution in [1.29, 1.82) is 0 Å². The van der Waals surface area contributed by atoms with Gasteiger partial charge < -0.3 is 10.5 Å². The number of rotatable bonds is 4. The molecule has 0 bridgehead atoms. The number of halogens is 2. The van der Waals surface area contributed by atoms with Gasteiger partial charge in [-0.3, -0.25) is 0 Å². The summed E-state index contributed by atoms with van der Waals surface area (Å²) in [7, 11) is 0. The highest BCUT2D eigenvalue weighted by atomic mass is 19.2. The molecule has 2 rings (SSSR count). The first kappa shape index (κ1) is 12.4. The van der Waals surface area contributed by atoms with E-state index >= 15 is 0 Å². The van der Waals surface area contributed by atoms with Gasteiger partial charge in [0.05, 0.1) is 0 Å². The molecule has 0 spiro atoms. The molecular weight excluding hydrogens is 238 g/mol. The van der Waals surface area contributed by atoms with Gasteiger partial charge in [-0.25, -0.2) is 9.37 Å². The third-order valence-corrected chi connectivity index (χ3v) is 2.39. The Bertz CT molecular complexity index is 546. The Morgan fingerprint density at radius 1 is 1.17 bits per heavy atom. The third-order valence-electron chi connectivity index (χ3n) is 2.39. The summed E-state index contributed by atoms with van der Waals surface area (Å²) < 4.78 is 31.8. The number of hydrogen-bond acceptors (Lipinski definition) is 3. The molecule has 94 valence electrons. The van der Waals surface area contributed by atoms with E-state index in [0.29, 0.717) is 13.0 Å². The third kappa shape index (κ3) is 2.62. The maximum atomic E-state index is 13.5. The predicted octanol–water partition coefficient (Wildman–Crippen LogP) is 2.65. The Morgan fingerprint density at radius 3 is 2.78 bits per heavy atom. The summed E-state index contributed by atoms with van der Waals surface area (Å²) in [5, 5.41) is 0. The second-order valence-electron chi connectivity index (χ2n) is 3.66. The van der Waals surface area contributed by atoms with Crippen LogP contribution in [-0.2, 0) is 6.42 Å². The molecule has 2 N–H and O–H groups in total. The van der Waals surface area contributed by atoms with Gasteiger partial charge in [-0.1, -0.05) is 12.1 Å². The van der Waals surface area contributed by atoms with Crippen LogP contribution < -0.4 is 10.5 Å². The molecule has 0 saturated heterocycles. The summed E-state index contributed by atoms with van der Waals surface area (Å²) in [6.45, 7) is 0.424. The first-order chi connectivity index (χ1) is 8.72. The minimum atomic E-state index is -1.03. The highest BCUT2D eigenvalue weighted by Crippen LogP contribution is 2.26. The standard InChI is InChI=1S/C13H12F2N2O/c14-10-4-1-5-11(12(10)15)18-13-9(6-7-16)3-2-8-17-13/h1-5,8H,6-7,16H2. The Labute approximate surface area is 103 Å². The number of nitrogens with zero attached hydrogens (tertiary/aromatic N) is 1. The first-order valence-electron chi connectivity index (χ1n) is 5.48. The highest BCUT2D eigenvalue weighted by Gasteiger charge is 2.12. The van der Waals surface area contributed by atoms with E-state index in [1.165, 1.54) is 18.3 Å². The fourth-order valence-corrected chi connectivity index (χ4v) is 1.53. The second kappa shape index (κ2) is 5.55. The molecule has 0 aliphatic heterocycles. The summed E-state index contributed by atoms with van der Waals surface area (Å²) >= 11 is 0. The summed E-state index contributed by atoms with van der Waals surface area (Å²) in [4.78, 5) is 4.00. The zero-order chi connectivity index (χ0) is 13.0. The maximum Gasteiger partial charge on any atom is 0.222 e.